The summed E-state index contributed by atoms with van der Waals surface area (Å²) in [6.45, 7) is 12.5. The molecular formula is C21H35F3O10S. The largest absolute Gasteiger partial charge is 0.523 e. The molecule has 0 aliphatic carbocycles. The fraction of sp³-hybridized carbons (Fsp3) is 0.905. The van der Waals surface area contributed by atoms with E-state index in [0.717, 1.165) is 6.92 Å². The molecule has 2 heterocycles. The molecule has 2 rings (SSSR count). The Bertz CT molecular complexity index is 834. The zero-order valence-corrected chi connectivity index (χ0v) is 21.8. The van der Waals surface area contributed by atoms with Gasteiger partial charge in [0.2, 0.25) is 0 Å². The molecule has 206 valence electrons. The Labute approximate surface area is 203 Å². The van der Waals surface area contributed by atoms with Crippen molar-refractivity contribution in [2.45, 2.75) is 110 Å². The molecule has 2 unspecified atom stereocenters. The number of hydrogen-bond acceptors (Lipinski definition) is 10. The van der Waals surface area contributed by atoms with Crippen LogP contribution in [0.1, 0.15) is 55.4 Å². The SMILES string of the molecule is CC(=O)O[C@@H]1[C@@H](OS(=O)(=O)C(F)(F)F)[C@@H](C)C(C)O[C@H]1C.CC(=O)O[C@@H]1[C@H](O)[C@@H](C)C(C)O[C@H]1C. The Morgan fingerprint density at radius 1 is 0.743 bits per heavy atom. The minimum atomic E-state index is -5.79. The van der Waals surface area contributed by atoms with E-state index in [1.807, 2.05) is 13.8 Å². The van der Waals surface area contributed by atoms with Crippen LogP contribution in [0.3, 0.4) is 0 Å². The quantitative estimate of drug-likeness (QED) is 0.324. The van der Waals surface area contributed by atoms with Crippen LogP contribution in [-0.4, -0.2) is 79.8 Å². The molecule has 14 heteroatoms. The summed E-state index contributed by atoms with van der Waals surface area (Å²) in [6, 6.07) is 0. The smallest absolute Gasteiger partial charge is 0.457 e. The lowest BCUT2D eigenvalue weighted by molar-refractivity contribution is -0.205. The Balaban J connectivity index is 0.000000379. The second kappa shape index (κ2) is 12.2. The van der Waals surface area contributed by atoms with E-state index < -0.39 is 64.1 Å². The lowest BCUT2D eigenvalue weighted by Gasteiger charge is -2.42. The first-order chi connectivity index (χ1) is 15.8. The van der Waals surface area contributed by atoms with Crippen molar-refractivity contribution in [2.24, 2.45) is 11.8 Å². The summed E-state index contributed by atoms with van der Waals surface area (Å²) < 4.78 is 84.9. The van der Waals surface area contributed by atoms with Gasteiger partial charge in [0, 0.05) is 25.7 Å². The zero-order valence-electron chi connectivity index (χ0n) is 20.9. The van der Waals surface area contributed by atoms with Gasteiger partial charge in [-0.25, -0.2) is 0 Å². The van der Waals surface area contributed by atoms with Crippen molar-refractivity contribution in [2.75, 3.05) is 0 Å². The van der Waals surface area contributed by atoms with Gasteiger partial charge in [0.25, 0.3) is 0 Å². The van der Waals surface area contributed by atoms with E-state index in [1.165, 1.54) is 20.8 Å². The maximum Gasteiger partial charge on any atom is 0.523 e. The van der Waals surface area contributed by atoms with E-state index >= 15 is 0 Å². The van der Waals surface area contributed by atoms with Crippen LogP contribution in [0.4, 0.5) is 13.2 Å². The summed E-state index contributed by atoms with van der Waals surface area (Å²) in [5, 5.41) is 9.87. The molecule has 2 fully saturated rings. The van der Waals surface area contributed by atoms with Crippen molar-refractivity contribution in [1.82, 2.24) is 0 Å². The van der Waals surface area contributed by atoms with Gasteiger partial charge in [-0.1, -0.05) is 13.8 Å². The van der Waals surface area contributed by atoms with Crippen molar-refractivity contribution in [3.05, 3.63) is 0 Å². The molecule has 0 saturated carbocycles. The third kappa shape index (κ3) is 8.27. The number of carbonyl (C=O) groups is 2. The molecule has 10 atom stereocenters. The van der Waals surface area contributed by atoms with Crippen LogP contribution in [0, 0.1) is 11.8 Å². The summed E-state index contributed by atoms with van der Waals surface area (Å²) in [7, 11) is -5.79. The van der Waals surface area contributed by atoms with Crippen LogP contribution in [-0.2, 0) is 42.8 Å². The lowest BCUT2D eigenvalue weighted by atomic mass is 9.89. The molecule has 0 bridgehead atoms. The molecule has 0 amide bonds. The Hall–Kier alpha value is -1.48. The van der Waals surface area contributed by atoms with Gasteiger partial charge in [-0.15, -0.1) is 0 Å². The zero-order chi connectivity index (χ0) is 27.5. The van der Waals surface area contributed by atoms with E-state index in [0.29, 0.717) is 0 Å². The van der Waals surface area contributed by atoms with Gasteiger partial charge in [-0.05, 0) is 27.7 Å². The molecule has 0 radical (unpaired) electrons. The number of esters is 2. The van der Waals surface area contributed by atoms with Crippen molar-refractivity contribution in [1.29, 1.82) is 0 Å². The van der Waals surface area contributed by atoms with Crippen LogP contribution in [0.25, 0.3) is 0 Å². The van der Waals surface area contributed by atoms with Gasteiger partial charge in [0.1, 0.15) is 6.10 Å². The molecule has 1 N–H and O–H groups in total. The highest BCUT2D eigenvalue weighted by molar-refractivity contribution is 7.87. The summed E-state index contributed by atoms with van der Waals surface area (Å²) in [5.41, 5.74) is -5.54. The molecule has 2 aliphatic heterocycles. The highest BCUT2D eigenvalue weighted by Crippen LogP contribution is 2.34. The first-order valence-electron chi connectivity index (χ1n) is 11.1. The number of halogens is 3. The van der Waals surface area contributed by atoms with E-state index in [9.17, 15) is 36.3 Å². The third-order valence-electron chi connectivity index (χ3n) is 6.11. The van der Waals surface area contributed by atoms with Gasteiger partial charge in [0.15, 0.2) is 12.2 Å². The molecule has 10 nitrogen and oxygen atoms in total. The number of ether oxygens (including phenoxy) is 4. The molecule has 2 aliphatic rings. The molecular weight excluding hydrogens is 501 g/mol. The molecule has 2 saturated heterocycles. The Kier molecular flexibility index (Phi) is 11.0. The topological polar surface area (TPSA) is 135 Å². The predicted molar refractivity (Wildman–Crippen MR) is 115 cm³/mol. The van der Waals surface area contributed by atoms with Gasteiger partial charge in [-0.3, -0.25) is 13.8 Å². The van der Waals surface area contributed by atoms with E-state index in [-0.39, 0.29) is 24.1 Å². The number of aliphatic hydroxyl groups excluding tert-OH is 1. The molecule has 0 aromatic rings. The minimum absolute atomic E-state index is 0.00759. The molecule has 35 heavy (non-hydrogen) atoms. The van der Waals surface area contributed by atoms with Gasteiger partial charge < -0.3 is 24.1 Å². The van der Waals surface area contributed by atoms with Crippen LogP contribution >= 0.6 is 0 Å². The standard InChI is InChI=1S/C11H17F3O6S.C10H18O4/c1-5-6(2)18-7(3)10(19-8(4)15)9(5)20-21(16,17)11(12,13)14;1-5-6(2)13-7(3)10(9(5)12)14-8(4)11/h5-7,9-10H,1-4H3;5-7,9-10,12H,1-4H3/t5-,6?,7-,9-,10-;5-,6?,7-,9+,10-/m00/s1. The second-order valence-corrected chi connectivity index (χ2v) is 10.5. The van der Waals surface area contributed by atoms with Crippen LogP contribution in [0.2, 0.25) is 0 Å². The Morgan fingerprint density at radius 3 is 1.57 bits per heavy atom. The van der Waals surface area contributed by atoms with E-state index in [4.69, 9.17) is 18.9 Å². The number of aliphatic hydroxyl groups is 1. The lowest BCUT2D eigenvalue weighted by Crippen LogP contribution is -2.55. The number of rotatable bonds is 4. The minimum Gasteiger partial charge on any atom is -0.457 e. The van der Waals surface area contributed by atoms with Crippen molar-refractivity contribution < 1.29 is 59.4 Å². The van der Waals surface area contributed by atoms with Crippen molar-refractivity contribution >= 4 is 22.1 Å². The maximum absolute atomic E-state index is 12.4. The fourth-order valence-electron chi connectivity index (χ4n) is 3.82. The Morgan fingerprint density at radius 2 is 1.14 bits per heavy atom. The number of carbonyl (C=O) groups excluding carboxylic acids is 2. The van der Waals surface area contributed by atoms with Crippen molar-refractivity contribution in [3.8, 4) is 0 Å². The first kappa shape index (κ1) is 31.5. The summed E-state index contributed by atoms with van der Waals surface area (Å²) in [4.78, 5) is 21.9. The summed E-state index contributed by atoms with van der Waals surface area (Å²) in [6.07, 6.45) is -5.51. The van der Waals surface area contributed by atoms with E-state index in [1.54, 1.807) is 13.8 Å². The van der Waals surface area contributed by atoms with Crippen LogP contribution in [0.15, 0.2) is 0 Å². The van der Waals surface area contributed by atoms with Gasteiger partial charge >= 0.3 is 27.6 Å². The normalized spacial score (nSPS) is 38.1. The van der Waals surface area contributed by atoms with Crippen LogP contribution in [0.5, 0.6) is 0 Å². The summed E-state index contributed by atoms with van der Waals surface area (Å²) >= 11 is 0. The number of alkyl halides is 3. The average Bonchev–Trinajstić information content (AvgIpc) is 2.69. The second-order valence-electron chi connectivity index (χ2n) is 8.91. The highest BCUT2D eigenvalue weighted by atomic mass is 32.2. The van der Waals surface area contributed by atoms with Crippen LogP contribution < -0.4 is 0 Å². The molecule has 0 aromatic carbocycles. The van der Waals surface area contributed by atoms with Gasteiger partial charge in [-0.2, -0.15) is 21.6 Å². The summed E-state index contributed by atoms with van der Waals surface area (Å²) in [5.74, 6) is -1.89. The third-order valence-corrected chi connectivity index (χ3v) is 7.15. The average molecular weight is 537 g/mol. The predicted octanol–water partition coefficient (Wildman–Crippen LogP) is 2.32. The van der Waals surface area contributed by atoms with E-state index in [2.05, 4.69) is 4.18 Å². The fourth-order valence-corrected chi connectivity index (χ4v) is 4.51. The van der Waals surface area contributed by atoms with Gasteiger partial charge in [0.05, 0.1) is 30.5 Å². The van der Waals surface area contributed by atoms with Crippen molar-refractivity contribution in [3.63, 3.8) is 0 Å². The molecule has 0 spiro atoms. The monoisotopic (exact) mass is 536 g/mol. The first-order valence-corrected chi connectivity index (χ1v) is 12.5. The maximum atomic E-state index is 12.4. The number of hydrogen-bond donors (Lipinski definition) is 1. The molecule has 0 aromatic heterocycles. The highest BCUT2D eigenvalue weighted by Gasteiger charge is 2.53.